The maximum atomic E-state index is 12.1. The molecule has 4 nitrogen and oxygen atoms in total. The van der Waals surface area contributed by atoms with E-state index in [4.69, 9.17) is 9.47 Å². The molecule has 0 aliphatic heterocycles. The molecule has 0 unspecified atom stereocenters. The number of carbonyl (C=O) groups is 2. The van der Waals surface area contributed by atoms with E-state index >= 15 is 0 Å². The second kappa shape index (κ2) is 6.52. The van der Waals surface area contributed by atoms with Crippen LogP contribution in [0.2, 0.25) is 0 Å². The number of rotatable bonds is 5. The summed E-state index contributed by atoms with van der Waals surface area (Å²) in [7, 11) is 0. The number of Topliss-reactive ketones (excluding diaryl/α,β-unsaturated/α-hetero) is 1. The van der Waals surface area contributed by atoms with Crippen LogP contribution < -0.4 is 9.47 Å². The van der Waals surface area contributed by atoms with Crippen LogP contribution in [0.25, 0.3) is 0 Å². The van der Waals surface area contributed by atoms with Crippen molar-refractivity contribution in [2.45, 2.75) is 6.92 Å². The van der Waals surface area contributed by atoms with E-state index in [9.17, 15) is 9.59 Å². The Kier molecular flexibility index (Phi) is 4.50. The average Bonchev–Trinajstić information content (AvgIpc) is 2.46. The Morgan fingerprint density at radius 2 is 1.60 bits per heavy atom. The van der Waals surface area contributed by atoms with Gasteiger partial charge in [0.25, 0.3) is 0 Å². The van der Waals surface area contributed by atoms with Crippen LogP contribution in [0.1, 0.15) is 17.3 Å². The minimum absolute atomic E-state index is 0.109. The third-order valence-corrected chi connectivity index (χ3v) is 2.55. The summed E-state index contributed by atoms with van der Waals surface area (Å²) in [5, 5.41) is 0. The van der Waals surface area contributed by atoms with Crippen LogP contribution in [-0.2, 0) is 4.79 Å². The van der Waals surface area contributed by atoms with Crippen LogP contribution in [0.15, 0.2) is 54.6 Å². The van der Waals surface area contributed by atoms with Crippen molar-refractivity contribution in [2.24, 2.45) is 0 Å². The number of hydrogen-bond donors (Lipinski definition) is 0. The molecule has 0 spiro atoms. The molecule has 0 fully saturated rings. The van der Waals surface area contributed by atoms with Crippen LogP contribution in [0, 0.1) is 0 Å². The molecule has 0 aromatic heterocycles. The number of ether oxygens (including phenoxy) is 2. The minimum atomic E-state index is -0.464. The Balaban J connectivity index is 2.07. The third kappa shape index (κ3) is 3.68. The maximum absolute atomic E-state index is 12.1. The van der Waals surface area contributed by atoms with E-state index in [-0.39, 0.29) is 18.1 Å². The first-order valence-corrected chi connectivity index (χ1v) is 6.15. The van der Waals surface area contributed by atoms with Crippen molar-refractivity contribution in [3.63, 3.8) is 0 Å². The van der Waals surface area contributed by atoms with Crippen molar-refractivity contribution >= 4 is 11.8 Å². The normalized spacial score (nSPS) is 9.85. The zero-order valence-corrected chi connectivity index (χ0v) is 11.0. The van der Waals surface area contributed by atoms with E-state index in [2.05, 4.69) is 0 Å². The third-order valence-electron chi connectivity index (χ3n) is 2.55. The van der Waals surface area contributed by atoms with Crippen molar-refractivity contribution in [2.75, 3.05) is 6.61 Å². The van der Waals surface area contributed by atoms with Gasteiger partial charge in [-0.2, -0.15) is 0 Å². The SMILES string of the molecule is CC(=O)Oc1ccccc1C(=O)COc1ccccc1. The largest absolute Gasteiger partial charge is 0.485 e. The summed E-state index contributed by atoms with van der Waals surface area (Å²) in [5.74, 6) is 0.160. The Bertz CT molecular complexity index is 605. The van der Waals surface area contributed by atoms with Crippen LogP contribution in [0.5, 0.6) is 11.5 Å². The monoisotopic (exact) mass is 270 g/mol. The number of ketones is 1. The van der Waals surface area contributed by atoms with Gasteiger partial charge in [0.1, 0.15) is 11.5 Å². The highest BCUT2D eigenvalue weighted by molar-refractivity contribution is 6.00. The summed E-state index contributed by atoms with van der Waals surface area (Å²) in [6.07, 6.45) is 0. The summed E-state index contributed by atoms with van der Waals surface area (Å²) in [6, 6.07) is 15.7. The number of hydrogen-bond acceptors (Lipinski definition) is 4. The molecule has 0 amide bonds. The van der Waals surface area contributed by atoms with Gasteiger partial charge in [0.15, 0.2) is 6.61 Å². The van der Waals surface area contributed by atoms with Gasteiger partial charge < -0.3 is 9.47 Å². The van der Waals surface area contributed by atoms with Crippen LogP contribution in [-0.4, -0.2) is 18.4 Å². The number of esters is 1. The highest BCUT2D eigenvalue weighted by Gasteiger charge is 2.14. The zero-order valence-electron chi connectivity index (χ0n) is 11.0. The van der Waals surface area contributed by atoms with Crippen LogP contribution in [0.4, 0.5) is 0 Å². The Labute approximate surface area is 116 Å². The smallest absolute Gasteiger partial charge is 0.308 e. The number of benzene rings is 2. The van der Waals surface area contributed by atoms with Crippen LogP contribution in [0.3, 0.4) is 0 Å². The lowest BCUT2D eigenvalue weighted by molar-refractivity contribution is -0.131. The van der Waals surface area contributed by atoms with Gasteiger partial charge in [-0.05, 0) is 24.3 Å². The van der Waals surface area contributed by atoms with E-state index in [1.54, 1.807) is 36.4 Å². The first-order valence-electron chi connectivity index (χ1n) is 6.15. The van der Waals surface area contributed by atoms with Crippen LogP contribution >= 0.6 is 0 Å². The predicted molar refractivity (Wildman–Crippen MR) is 74.0 cm³/mol. The Morgan fingerprint density at radius 3 is 2.30 bits per heavy atom. The molecule has 0 aliphatic carbocycles. The second-order valence-electron chi connectivity index (χ2n) is 4.11. The molecule has 0 heterocycles. The summed E-state index contributed by atoms with van der Waals surface area (Å²) in [4.78, 5) is 23.1. The fourth-order valence-corrected chi connectivity index (χ4v) is 1.68. The molecule has 102 valence electrons. The molecule has 0 aliphatic rings. The van der Waals surface area contributed by atoms with E-state index in [1.807, 2.05) is 18.2 Å². The molecule has 0 bridgehead atoms. The Morgan fingerprint density at radius 1 is 0.950 bits per heavy atom. The molecule has 0 saturated carbocycles. The van der Waals surface area contributed by atoms with Gasteiger partial charge in [-0.25, -0.2) is 0 Å². The molecule has 2 aromatic rings. The molecule has 20 heavy (non-hydrogen) atoms. The molecule has 2 rings (SSSR count). The highest BCUT2D eigenvalue weighted by Crippen LogP contribution is 2.19. The van der Waals surface area contributed by atoms with Gasteiger partial charge in [-0.15, -0.1) is 0 Å². The quantitative estimate of drug-likeness (QED) is 0.476. The summed E-state index contributed by atoms with van der Waals surface area (Å²) in [6.45, 7) is 1.18. The zero-order chi connectivity index (χ0) is 14.4. The predicted octanol–water partition coefficient (Wildman–Crippen LogP) is 2.87. The molecule has 0 N–H and O–H groups in total. The number of para-hydroxylation sites is 2. The van der Waals surface area contributed by atoms with Crippen molar-refractivity contribution in [1.82, 2.24) is 0 Å². The van der Waals surface area contributed by atoms with E-state index in [1.165, 1.54) is 6.92 Å². The lowest BCUT2D eigenvalue weighted by atomic mass is 10.1. The first-order chi connectivity index (χ1) is 9.66. The molecule has 4 heteroatoms. The van der Waals surface area contributed by atoms with Gasteiger partial charge in [0.2, 0.25) is 5.78 Å². The number of carbonyl (C=O) groups excluding carboxylic acids is 2. The standard InChI is InChI=1S/C16H14O4/c1-12(17)20-16-10-6-5-9-14(16)15(18)11-19-13-7-3-2-4-8-13/h2-10H,11H2,1H3. The highest BCUT2D eigenvalue weighted by atomic mass is 16.5. The summed E-state index contributed by atoms with van der Waals surface area (Å²) in [5.41, 5.74) is 0.332. The molecule has 0 radical (unpaired) electrons. The van der Waals surface area contributed by atoms with Gasteiger partial charge in [-0.1, -0.05) is 30.3 Å². The van der Waals surface area contributed by atoms with Crippen molar-refractivity contribution in [1.29, 1.82) is 0 Å². The molecular formula is C16H14O4. The topological polar surface area (TPSA) is 52.6 Å². The fourth-order valence-electron chi connectivity index (χ4n) is 1.68. The molecule has 0 saturated heterocycles. The van der Waals surface area contributed by atoms with E-state index < -0.39 is 5.97 Å². The van der Waals surface area contributed by atoms with Gasteiger partial charge in [0.05, 0.1) is 5.56 Å². The van der Waals surface area contributed by atoms with E-state index in [0.29, 0.717) is 11.3 Å². The minimum Gasteiger partial charge on any atom is -0.485 e. The van der Waals surface area contributed by atoms with Gasteiger partial charge in [0, 0.05) is 6.92 Å². The van der Waals surface area contributed by atoms with E-state index in [0.717, 1.165) is 0 Å². The average molecular weight is 270 g/mol. The van der Waals surface area contributed by atoms with Crippen molar-refractivity contribution in [3.8, 4) is 11.5 Å². The maximum Gasteiger partial charge on any atom is 0.308 e. The molecular weight excluding hydrogens is 256 g/mol. The van der Waals surface area contributed by atoms with Gasteiger partial charge in [-0.3, -0.25) is 9.59 Å². The lowest BCUT2D eigenvalue weighted by Gasteiger charge is -2.09. The Hall–Kier alpha value is -2.62. The lowest BCUT2D eigenvalue weighted by Crippen LogP contribution is -2.14. The molecule has 2 aromatic carbocycles. The van der Waals surface area contributed by atoms with Crippen molar-refractivity contribution < 1.29 is 19.1 Å². The fraction of sp³-hybridized carbons (Fsp3) is 0.125. The summed E-state index contributed by atoms with van der Waals surface area (Å²) < 4.78 is 10.4. The second-order valence-corrected chi connectivity index (χ2v) is 4.11. The molecule has 0 atom stereocenters. The van der Waals surface area contributed by atoms with Crippen molar-refractivity contribution in [3.05, 3.63) is 60.2 Å². The van der Waals surface area contributed by atoms with Gasteiger partial charge >= 0.3 is 5.97 Å². The summed E-state index contributed by atoms with van der Waals surface area (Å²) >= 11 is 0. The first kappa shape index (κ1) is 13.8.